The van der Waals surface area contributed by atoms with E-state index in [1.54, 1.807) is 6.20 Å². The first-order valence-electron chi connectivity index (χ1n) is 6.27. The van der Waals surface area contributed by atoms with Crippen LogP contribution in [0.4, 0.5) is 0 Å². The van der Waals surface area contributed by atoms with Gasteiger partial charge in [0.15, 0.2) is 5.89 Å². The van der Waals surface area contributed by atoms with Gasteiger partial charge in [-0.15, -0.1) is 0 Å². The first-order valence-corrected chi connectivity index (χ1v) is 6.27. The van der Waals surface area contributed by atoms with Gasteiger partial charge in [0.05, 0.1) is 6.20 Å². The first-order chi connectivity index (χ1) is 8.01. The highest BCUT2D eigenvalue weighted by Crippen LogP contribution is 2.06. The van der Waals surface area contributed by atoms with Crippen molar-refractivity contribution in [3.05, 3.63) is 17.8 Å². The average Bonchev–Trinajstić information content (AvgIpc) is 2.64. The Hall–Kier alpha value is -0.870. The van der Waals surface area contributed by atoms with Crippen molar-refractivity contribution < 1.29 is 9.15 Å². The van der Waals surface area contributed by atoms with Crippen molar-refractivity contribution in [3.63, 3.8) is 0 Å². The van der Waals surface area contributed by atoms with E-state index in [2.05, 4.69) is 38.0 Å². The van der Waals surface area contributed by atoms with Crippen LogP contribution >= 0.6 is 0 Å². The van der Waals surface area contributed by atoms with Gasteiger partial charge in [-0.2, -0.15) is 0 Å². The molecular weight excluding hydrogens is 216 g/mol. The van der Waals surface area contributed by atoms with Crippen LogP contribution in [0.3, 0.4) is 0 Å². The Morgan fingerprint density at radius 1 is 1.41 bits per heavy atom. The third kappa shape index (κ3) is 6.44. The van der Waals surface area contributed by atoms with Gasteiger partial charge >= 0.3 is 0 Å². The van der Waals surface area contributed by atoms with E-state index in [1.165, 1.54) is 0 Å². The maximum Gasteiger partial charge on any atom is 0.195 e. The molecule has 0 aromatic carbocycles. The van der Waals surface area contributed by atoms with E-state index in [0.29, 0.717) is 6.61 Å². The molecular formula is C13H24N2O2. The fourth-order valence-electron chi connectivity index (χ4n) is 1.39. The van der Waals surface area contributed by atoms with Crippen LogP contribution in [0.15, 0.2) is 10.6 Å². The lowest BCUT2D eigenvalue weighted by atomic mass is 10.1. The monoisotopic (exact) mass is 240 g/mol. The Balaban J connectivity index is 2.26. The van der Waals surface area contributed by atoms with Crippen molar-refractivity contribution in [2.75, 3.05) is 13.2 Å². The molecule has 0 aliphatic heterocycles. The van der Waals surface area contributed by atoms with Gasteiger partial charge in [0.2, 0.25) is 0 Å². The molecule has 4 heteroatoms. The Kier molecular flexibility index (Phi) is 5.65. The molecule has 0 fully saturated rings. The molecule has 1 aromatic rings. The molecule has 0 radical (unpaired) electrons. The highest BCUT2D eigenvalue weighted by molar-refractivity contribution is 4.93. The van der Waals surface area contributed by atoms with Crippen LogP contribution < -0.4 is 5.32 Å². The second-order valence-corrected chi connectivity index (χ2v) is 5.20. The smallest absolute Gasteiger partial charge is 0.195 e. The maximum absolute atomic E-state index is 5.57. The van der Waals surface area contributed by atoms with Crippen molar-refractivity contribution in [2.24, 2.45) is 0 Å². The number of nitrogens with one attached hydrogen (secondary N) is 1. The lowest BCUT2D eigenvalue weighted by molar-refractivity contribution is 0.106. The molecule has 0 saturated heterocycles. The summed E-state index contributed by atoms with van der Waals surface area (Å²) in [5.41, 5.74) is 0.139. The molecule has 0 atom stereocenters. The molecule has 0 amide bonds. The third-order valence-corrected chi connectivity index (χ3v) is 2.19. The molecule has 0 spiro atoms. The van der Waals surface area contributed by atoms with E-state index >= 15 is 0 Å². The predicted octanol–water partition coefficient (Wildman–Crippen LogP) is 2.53. The minimum Gasteiger partial charge on any atom is -0.443 e. The second kappa shape index (κ2) is 6.77. The van der Waals surface area contributed by atoms with Crippen LogP contribution in [0, 0.1) is 0 Å². The summed E-state index contributed by atoms with van der Waals surface area (Å²) >= 11 is 0. The topological polar surface area (TPSA) is 47.3 Å². The molecule has 4 nitrogen and oxygen atoms in total. The van der Waals surface area contributed by atoms with E-state index in [1.807, 2.05) is 0 Å². The van der Waals surface area contributed by atoms with Gasteiger partial charge in [-0.1, -0.05) is 6.92 Å². The van der Waals surface area contributed by atoms with Crippen LogP contribution in [-0.4, -0.2) is 23.7 Å². The maximum atomic E-state index is 5.57. The number of rotatable bonds is 7. The van der Waals surface area contributed by atoms with Crippen molar-refractivity contribution in [1.82, 2.24) is 10.3 Å². The van der Waals surface area contributed by atoms with Gasteiger partial charge < -0.3 is 14.5 Å². The van der Waals surface area contributed by atoms with Crippen LogP contribution in [0.5, 0.6) is 0 Å². The summed E-state index contributed by atoms with van der Waals surface area (Å²) in [5.74, 6) is 1.58. The summed E-state index contributed by atoms with van der Waals surface area (Å²) < 4.78 is 11.0. The molecule has 1 rings (SSSR count). The minimum absolute atomic E-state index is 0.139. The number of hydrogen-bond acceptors (Lipinski definition) is 4. The largest absolute Gasteiger partial charge is 0.443 e. The molecule has 0 saturated carbocycles. The molecule has 0 aliphatic rings. The lowest BCUT2D eigenvalue weighted by Crippen LogP contribution is -2.37. The lowest BCUT2D eigenvalue weighted by Gasteiger charge is -2.19. The normalized spacial score (nSPS) is 12.0. The molecule has 98 valence electrons. The average molecular weight is 240 g/mol. The number of oxazole rings is 1. The van der Waals surface area contributed by atoms with Gasteiger partial charge in [0.1, 0.15) is 12.4 Å². The molecule has 17 heavy (non-hydrogen) atoms. The number of aromatic nitrogens is 1. The van der Waals surface area contributed by atoms with E-state index in [-0.39, 0.29) is 5.54 Å². The minimum atomic E-state index is 0.139. The zero-order valence-electron chi connectivity index (χ0n) is 11.4. The van der Waals surface area contributed by atoms with Gasteiger partial charge in [0.25, 0.3) is 0 Å². The Morgan fingerprint density at radius 2 is 2.18 bits per heavy atom. The van der Waals surface area contributed by atoms with Crippen LogP contribution in [-0.2, 0) is 17.8 Å². The standard InChI is InChI=1S/C13H24N2O2/c1-5-8-16-10-11-9-14-12(17-11)6-7-15-13(2,3)4/h9,15H,5-8,10H2,1-4H3. The fourth-order valence-corrected chi connectivity index (χ4v) is 1.39. The molecule has 1 heterocycles. The van der Waals surface area contributed by atoms with E-state index in [9.17, 15) is 0 Å². The number of ether oxygens (including phenoxy) is 1. The highest BCUT2D eigenvalue weighted by atomic mass is 16.5. The molecule has 0 bridgehead atoms. The van der Waals surface area contributed by atoms with Crippen molar-refractivity contribution >= 4 is 0 Å². The predicted molar refractivity (Wildman–Crippen MR) is 67.9 cm³/mol. The second-order valence-electron chi connectivity index (χ2n) is 5.20. The first kappa shape index (κ1) is 14.2. The van der Waals surface area contributed by atoms with Crippen LogP contribution in [0.2, 0.25) is 0 Å². The van der Waals surface area contributed by atoms with E-state index in [4.69, 9.17) is 9.15 Å². The number of hydrogen-bond donors (Lipinski definition) is 1. The van der Waals surface area contributed by atoms with Gasteiger partial charge in [0, 0.05) is 25.1 Å². The summed E-state index contributed by atoms with van der Waals surface area (Å²) in [6.45, 7) is 10.7. The summed E-state index contributed by atoms with van der Waals surface area (Å²) in [7, 11) is 0. The summed E-state index contributed by atoms with van der Waals surface area (Å²) in [4.78, 5) is 4.23. The summed E-state index contributed by atoms with van der Waals surface area (Å²) in [6, 6.07) is 0. The molecule has 1 N–H and O–H groups in total. The number of nitrogens with zero attached hydrogens (tertiary/aromatic N) is 1. The Morgan fingerprint density at radius 3 is 2.82 bits per heavy atom. The molecule has 1 aromatic heterocycles. The van der Waals surface area contributed by atoms with Crippen molar-refractivity contribution in [3.8, 4) is 0 Å². The van der Waals surface area contributed by atoms with Crippen molar-refractivity contribution in [2.45, 2.75) is 52.7 Å². The Bertz CT molecular complexity index is 315. The van der Waals surface area contributed by atoms with E-state index < -0.39 is 0 Å². The summed E-state index contributed by atoms with van der Waals surface area (Å²) in [5, 5.41) is 3.40. The zero-order valence-corrected chi connectivity index (χ0v) is 11.4. The van der Waals surface area contributed by atoms with Crippen LogP contribution in [0.25, 0.3) is 0 Å². The van der Waals surface area contributed by atoms with Crippen molar-refractivity contribution in [1.29, 1.82) is 0 Å². The zero-order chi connectivity index (χ0) is 12.7. The third-order valence-electron chi connectivity index (χ3n) is 2.19. The van der Waals surface area contributed by atoms with E-state index in [0.717, 1.165) is 37.6 Å². The fraction of sp³-hybridized carbons (Fsp3) is 0.769. The molecule has 0 unspecified atom stereocenters. The Labute approximate surface area is 104 Å². The van der Waals surface area contributed by atoms with Gasteiger partial charge in [-0.3, -0.25) is 0 Å². The van der Waals surface area contributed by atoms with Crippen LogP contribution in [0.1, 0.15) is 45.8 Å². The quantitative estimate of drug-likeness (QED) is 0.744. The van der Waals surface area contributed by atoms with Gasteiger partial charge in [-0.25, -0.2) is 4.98 Å². The highest BCUT2D eigenvalue weighted by Gasteiger charge is 2.09. The SMILES string of the molecule is CCCOCc1cnc(CCNC(C)(C)C)o1. The molecule has 0 aliphatic carbocycles. The summed E-state index contributed by atoms with van der Waals surface area (Å²) in [6.07, 6.45) is 3.59. The van der Waals surface area contributed by atoms with Gasteiger partial charge in [-0.05, 0) is 27.2 Å².